The zero-order valence-electron chi connectivity index (χ0n) is 14.9. The number of aromatic hydroxyl groups is 1. The molecule has 144 valence electrons. The van der Waals surface area contributed by atoms with Gasteiger partial charge in [-0.05, 0) is 56.6 Å². The van der Waals surface area contributed by atoms with E-state index in [0.717, 1.165) is 38.5 Å². The Bertz CT molecular complexity index is 825. The van der Waals surface area contributed by atoms with E-state index in [1.165, 1.54) is 18.2 Å². The normalized spacial score (nSPS) is 23.5. The van der Waals surface area contributed by atoms with E-state index < -0.39 is 17.5 Å². The Morgan fingerprint density at radius 3 is 2.56 bits per heavy atom. The summed E-state index contributed by atoms with van der Waals surface area (Å²) in [6.45, 7) is 2.92. The summed E-state index contributed by atoms with van der Waals surface area (Å²) in [4.78, 5) is 4.49. The highest BCUT2D eigenvalue weighted by molar-refractivity contribution is 5.71. The van der Waals surface area contributed by atoms with Gasteiger partial charge in [-0.15, -0.1) is 10.2 Å². The largest absolute Gasteiger partial charge is 0.507 e. The van der Waals surface area contributed by atoms with Gasteiger partial charge in [0.25, 0.3) is 0 Å². The summed E-state index contributed by atoms with van der Waals surface area (Å²) in [5.74, 6) is 0.838. The number of piperidine rings is 1. The summed E-state index contributed by atoms with van der Waals surface area (Å²) >= 11 is 0. The predicted octanol–water partition coefficient (Wildman–Crippen LogP) is 3.40. The van der Waals surface area contributed by atoms with Crippen LogP contribution >= 0.6 is 0 Å². The van der Waals surface area contributed by atoms with Gasteiger partial charge >= 0.3 is 6.18 Å². The fourth-order valence-corrected chi connectivity index (χ4v) is 4.24. The lowest BCUT2D eigenvalue weighted by atomic mass is 9.92. The zero-order valence-corrected chi connectivity index (χ0v) is 14.9. The summed E-state index contributed by atoms with van der Waals surface area (Å²) in [6.07, 6.45) is -2.33. The smallest absolute Gasteiger partial charge is 0.417 e. The van der Waals surface area contributed by atoms with Gasteiger partial charge in [0.1, 0.15) is 5.75 Å². The second kappa shape index (κ2) is 6.67. The van der Waals surface area contributed by atoms with E-state index >= 15 is 0 Å². The molecule has 2 aliphatic rings. The first-order chi connectivity index (χ1) is 12.8. The molecule has 0 radical (unpaired) electrons. The number of fused-ring (bicyclic) bond motifs is 1. The van der Waals surface area contributed by atoms with E-state index in [0.29, 0.717) is 17.8 Å². The lowest BCUT2D eigenvalue weighted by molar-refractivity contribution is -0.137. The minimum absolute atomic E-state index is 0.0145. The van der Waals surface area contributed by atoms with Crippen LogP contribution in [0.25, 0.3) is 11.3 Å². The maximum Gasteiger partial charge on any atom is 0.417 e. The Morgan fingerprint density at radius 1 is 1.07 bits per heavy atom. The Morgan fingerprint density at radius 2 is 1.85 bits per heavy atom. The van der Waals surface area contributed by atoms with Crippen molar-refractivity contribution in [2.24, 2.45) is 5.92 Å². The third-order valence-corrected chi connectivity index (χ3v) is 5.61. The number of hydrogen-bond donors (Lipinski definition) is 1. The summed E-state index contributed by atoms with van der Waals surface area (Å²) in [7, 11) is 2.10. The maximum atomic E-state index is 13.3. The first-order valence-corrected chi connectivity index (χ1v) is 9.03. The van der Waals surface area contributed by atoms with Gasteiger partial charge in [-0.2, -0.15) is 13.2 Å². The van der Waals surface area contributed by atoms with Crippen molar-refractivity contribution in [2.75, 3.05) is 31.6 Å². The summed E-state index contributed by atoms with van der Waals surface area (Å²) in [5.41, 5.74) is -1.24. The average molecular weight is 378 g/mol. The molecule has 1 aromatic carbocycles. The van der Waals surface area contributed by atoms with Crippen LogP contribution in [-0.2, 0) is 6.18 Å². The van der Waals surface area contributed by atoms with Crippen LogP contribution in [-0.4, -0.2) is 52.9 Å². The molecule has 4 rings (SSSR count). The minimum Gasteiger partial charge on any atom is -0.507 e. The monoisotopic (exact) mass is 378 g/mol. The minimum atomic E-state index is -4.58. The molecule has 1 N–H and O–H groups in total. The molecule has 1 aromatic heterocycles. The SMILES string of the molecule is CN1CC[C@@H]2CCN(c3ccc(-c4c(O)cccc4C(F)(F)F)nn3)[C@@H]2C1. The van der Waals surface area contributed by atoms with Crippen LogP contribution in [0.5, 0.6) is 5.75 Å². The number of aromatic nitrogens is 2. The second-order valence-electron chi connectivity index (χ2n) is 7.33. The molecule has 5 nitrogen and oxygen atoms in total. The standard InChI is InChI=1S/C19H21F3N4O/c1-25-9-7-12-8-10-26(15(12)11-25)17-6-5-14(23-24-17)18-13(19(20,21)22)3-2-4-16(18)27/h2-6,12,15,27H,7-11H2,1H3/t12-,15-/m1/s1. The van der Waals surface area contributed by atoms with Gasteiger partial charge in [-0.3, -0.25) is 0 Å². The zero-order chi connectivity index (χ0) is 19.2. The van der Waals surface area contributed by atoms with E-state index in [9.17, 15) is 18.3 Å². The van der Waals surface area contributed by atoms with Crippen LogP contribution in [0.2, 0.25) is 0 Å². The molecule has 2 aliphatic heterocycles. The molecule has 2 saturated heterocycles. The Kier molecular flexibility index (Phi) is 4.46. The average Bonchev–Trinajstić information content (AvgIpc) is 3.04. The topological polar surface area (TPSA) is 52.5 Å². The molecule has 2 fully saturated rings. The molecule has 0 unspecified atom stereocenters. The van der Waals surface area contributed by atoms with E-state index in [2.05, 4.69) is 27.0 Å². The number of phenolic OH excluding ortho intramolecular Hbond substituents is 1. The number of nitrogens with zero attached hydrogens (tertiary/aromatic N) is 4. The van der Waals surface area contributed by atoms with Crippen molar-refractivity contribution < 1.29 is 18.3 Å². The Balaban J connectivity index is 1.64. The molecule has 0 bridgehead atoms. The van der Waals surface area contributed by atoms with Crippen LogP contribution in [0.1, 0.15) is 18.4 Å². The third-order valence-electron chi connectivity index (χ3n) is 5.61. The fraction of sp³-hybridized carbons (Fsp3) is 0.474. The molecule has 27 heavy (non-hydrogen) atoms. The first-order valence-electron chi connectivity index (χ1n) is 9.03. The van der Waals surface area contributed by atoms with Gasteiger partial charge in [0.05, 0.1) is 16.8 Å². The molecule has 2 aromatic rings. The molecule has 0 saturated carbocycles. The highest BCUT2D eigenvalue weighted by Crippen LogP contribution is 2.41. The van der Waals surface area contributed by atoms with Gasteiger partial charge in [-0.25, -0.2) is 0 Å². The third kappa shape index (κ3) is 3.34. The van der Waals surface area contributed by atoms with Crippen molar-refractivity contribution in [3.63, 3.8) is 0 Å². The molecule has 0 aliphatic carbocycles. The number of hydrogen-bond acceptors (Lipinski definition) is 5. The van der Waals surface area contributed by atoms with Gasteiger partial charge in [0, 0.05) is 19.1 Å². The summed E-state index contributed by atoms with van der Waals surface area (Å²) in [5, 5.41) is 18.2. The van der Waals surface area contributed by atoms with Crippen molar-refractivity contribution in [1.82, 2.24) is 15.1 Å². The number of anilines is 1. The van der Waals surface area contributed by atoms with Crippen LogP contribution in [0.3, 0.4) is 0 Å². The molecule has 2 atom stereocenters. The van der Waals surface area contributed by atoms with E-state index in [1.54, 1.807) is 6.07 Å². The van der Waals surface area contributed by atoms with Crippen molar-refractivity contribution in [1.29, 1.82) is 0 Å². The fourth-order valence-electron chi connectivity index (χ4n) is 4.24. The van der Waals surface area contributed by atoms with Gasteiger partial charge < -0.3 is 14.9 Å². The van der Waals surface area contributed by atoms with Crippen molar-refractivity contribution in [2.45, 2.75) is 25.1 Å². The van der Waals surface area contributed by atoms with Crippen molar-refractivity contribution in [3.8, 4) is 17.0 Å². The number of likely N-dealkylation sites (N-methyl/N-ethyl adjacent to an activating group) is 1. The highest BCUT2D eigenvalue weighted by atomic mass is 19.4. The lowest BCUT2D eigenvalue weighted by Gasteiger charge is -2.36. The molecule has 8 heteroatoms. The number of phenols is 1. The lowest BCUT2D eigenvalue weighted by Crippen LogP contribution is -2.47. The quantitative estimate of drug-likeness (QED) is 0.868. The number of benzene rings is 1. The molecule has 0 amide bonds. The molecular weight excluding hydrogens is 357 g/mol. The van der Waals surface area contributed by atoms with Crippen LogP contribution in [0.15, 0.2) is 30.3 Å². The number of alkyl halides is 3. The van der Waals surface area contributed by atoms with Gasteiger partial charge in [0.15, 0.2) is 5.82 Å². The maximum absolute atomic E-state index is 13.3. The van der Waals surface area contributed by atoms with E-state index in [4.69, 9.17) is 0 Å². The Hall–Kier alpha value is -2.35. The second-order valence-corrected chi connectivity index (χ2v) is 7.33. The first kappa shape index (κ1) is 18.0. The predicted molar refractivity (Wildman–Crippen MR) is 95.5 cm³/mol. The van der Waals surface area contributed by atoms with Crippen LogP contribution < -0.4 is 4.90 Å². The van der Waals surface area contributed by atoms with Crippen molar-refractivity contribution in [3.05, 3.63) is 35.9 Å². The summed E-state index contributed by atoms with van der Waals surface area (Å²) in [6, 6.07) is 6.91. The highest BCUT2D eigenvalue weighted by Gasteiger charge is 2.38. The van der Waals surface area contributed by atoms with Crippen LogP contribution in [0.4, 0.5) is 19.0 Å². The molecule has 3 heterocycles. The number of rotatable bonds is 2. The van der Waals surface area contributed by atoms with Gasteiger partial charge in [0.2, 0.25) is 0 Å². The molecule has 0 spiro atoms. The van der Waals surface area contributed by atoms with E-state index in [-0.39, 0.29) is 11.3 Å². The van der Waals surface area contributed by atoms with Gasteiger partial charge in [-0.1, -0.05) is 6.07 Å². The summed E-state index contributed by atoms with van der Waals surface area (Å²) < 4.78 is 39.9. The number of likely N-dealkylation sites (tertiary alicyclic amines) is 1. The number of halogens is 3. The molecular formula is C19H21F3N4O. The Labute approximate surface area is 155 Å². The van der Waals surface area contributed by atoms with E-state index in [1.807, 2.05) is 0 Å². The van der Waals surface area contributed by atoms with Crippen LogP contribution in [0, 0.1) is 5.92 Å². The van der Waals surface area contributed by atoms with Crippen molar-refractivity contribution >= 4 is 5.82 Å².